The molecule has 1 aliphatic heterocycles. The van der Waals surface area contributed by atoms with Crippen LogP contribution in [0, 0.1) is 5.92 Å². The zero-order chi connectivity index (χ0) is 26.7. The quantitative estimate of drug-likeness (QED) is 0.385. The molecule has 5 nitrogen and oxygen atoms in total. The smallest absolute Gasteiger partial charge is 0.416 e. The molecule has 9 heteroatoms. The highest BCUT2D eigenvalue weighted by molar-refractivity contribution is 7.88. The molecule has 36 heavy (non-hydrogen) atoms. The predicted octanol–water partition coefficient (Wildman–Crippen LogP) is 6.20. The number of hydrogen-bond acceptors (Lipinski definition) is 4. The molecule has 1 heterocycles. The fourth-order valence-electron chi connectivity index (χ4n) is 4.97. The maximum absolute atomic E-state index is 14.8. The topological polar surface area (TPSA) is 63.7 Å². The van der Waals surface area contributed by atoms with E-state index in [0.717, 1.165) is 11.8 Å². The number of esters is 1. The Morgan fingerprint density at radius 3 is 2.36 bits per heavy atom. The maximum Gasteiger partial charge on any atom is 0.416 e. The van der Waals surface area contributed by atoms with E-state index in [-0.39, 0.29) is 43.2 Å². The van der Waals surface area contributed by atoms with E-state index >= 15 is 0 Å². The van der Waals surface area contributed by atoms with Crippen LogP contribution in [0.5, 0.6) is 0 Å². The van der Waals surface area contributed by atoms with Crippen molar-refractivity contribution in [2.45, 2.75) is 58.0 Å². The first kappa shape index (κ1) is 28.2. The molecule has 0 amide bonds. The molecule has 0 saturated carbocycles. The second-order valence-corrected chi connectivity index (χ2v) is 11.8. The predicted molar refractivity (Wildman–Crippen MR) is 134 cm³/mol. The Morgan fingerprint density at radius 1 is 1.14 bits per heavy atom. The first-order chi connectivity index (χ1) is 16.8. The van der Waals surface area contributed by atoms with E-state index in [2.05, 4.69) is 0 Å². The van der Waals surface area contributed by atoms with Gasteiger partial charge < -0.3 is 4.74 Å². The summed E-state index contributed by atoms with van der Waals surface area (Å²) in [5.74, 6) is -2.50. The summed E-state index contributed by atoms with van der Waals surface area (Å²) in [5.41, 5.74) is 0.355. The van der Waals surface area contributed by atoms with Crippen molar-refractivity contribution in [1.82, 2.24) is 4.31 Å². The number of alkyl halides is 3. The number of halogens is 3. The molecule has 0 aromatic heterocycles. The lowest BCUT2D eigenvalue weighted by Crippen LogP contribution is -2.39. The number of carbonyl (C=O) groups is 1. The molecule has 2 aromatic carbocycles. The molecular weight excluding hydrogens is 491 g/mol. The molecule has 1 fully saturated rings. The average Bonchev–Trinajstić information content (AvgIpc) is 2.81. The van der Waals surface area contributed by atoms with Gasteiger partial charge in [0.2, 0.25) is 10.0 Å². The van der Waals surface area contributed by atoms with Crippen LogP contribution in [0.25, 0.3) is 11.1 Å². The Labute approximate surface area is 211 Å². The summed E-state index contributed by atoms with van der Waals surface area (Å²) in [4.78, 5) is 13.0. The van der Waals surface area contributed by atoms with Crippen molar-refractivity contribution in [3.05, 3.63) is 59.2 Å². The summed E-state index contributed by atoms with van der Waals surface area (Å²) >= 11 is 0. The lowest BCUT2D eigenvalue weighted by atomic mass is 9.79. The van der Waals surface area contributed by atoms with Crippen molar-refractivity contribution in [3.63, 3.8) is 0 Å². The number of hydrogen-bond donors (Lipinski definition) is 0. The number of carbonyl (C=O) groups excluding carboxylic acids is 1. The van der Waals surface area contributed by atoms with Gasteiger partial charge in [0.25, 0.3) is 0 Å². The maximum atomic E-state index is 14.8. The van der Waals surface area contributed by atoms with Gasteiger partial charge in [-0.05, 0) is 66.3 Å². The first-order valence-electron chi connectivity index (χ1n) is 12.2. The summed E-state index contributed by atoms with van der Waals surface area (Å²) < 4.78 is 75.3. The second-order valence-electron chi connectivity index (χ2n) is 9.79. The molecule has 198 valence electrons. The van der Waals surface area contributed by atoms with Gasteiger partial charge in [-0.2, -0.15) is 13.2 Å². The Balaban J connectivity index is 2.31. The lowest BCUT2D eigenvalue weighted by Gasteiger charge is -2.34. The zero-order valence-electron chi connectivity index (χ0n) is 21.1. The molecular formula is C27H34F3NO4S. The van der Waals surface area contributed by atoms with E-state index < -0.39 is 39.6 Å². The summed E-state index contributed by atoms with van der Waals surface area (Å²) in [7, 11) is -3.56. The van der Waals surface area contributed by atoms with Gasteiger partial charge in [-0.3, -0.25) is 4.79 Å². The van der Waals surface area contributed by atoms with Crippen LogP contribution >= 0.6 is 0 Å². The minimum Gasteiger partial charge on any atom is -0.466 e. The lowest BCUT2D eigenvalue weighted by molar-refractivity contribution is -0.146. The van der Waals surface area contributed by atoms with Gasteiger partial charge in [0.05, 0.1) is 24.3 Å². The van der Waals surface area contributed by atoms with Gasteiger partial charge in [0.15, 0.2) is 0 Å². The third-order valence-electron chi connectivity index (χ3n) is 6.54. The van der Waals surface area contributed by atoms with E-state index in [1.54, 1.807) is 19.1 Å². The Morgan fingerprint density at radius 2 is 1.81 bits per heavy atom. The van der Waals surface area contributed by atoms with E-state index in [4.69, 9.17) is 4.74 Å². The van der Waals surface area contributed by atoms with Crippen molar-refractivity contribution in [3.8, 4) is 11.1 Å². The van der Waals surface area contributed by atoms with Crippen LogP contribution in [-0.4, -0.2) is 44.6 Å². The third-order valence-corrected chi connectivity index (χ3v) is 7.81. The minimum atomic E-state index is -4.74. The molecule has 0 radical (unpaired) electrons. The molecule has 0 bridgehead atoms. The standard InChI is InChI=1S/C27H34F3NO4S/c1-5-35-26(32)24(14-18(2)3)23-16-21(19-10-7-6-8-11-19)15-22(25(23)27(28,29)30)20-12-9-13-31(17-20)36(4,33)34/h6-8,10-11,15-16,18,20,24H,5,9,12-14,17H2,1-4H3. The first-order valence-corrected chi connectivity index (χ1v) is 14.1. The molecule has 2 aromatic rings. The zero-order valence-corrected chi connectivity index (χ0v) is 22.0. The van der Waals surface area contributed by atoms with Gasteiger partial charge >= 0.3 is 12.1 Å². The molecule has 1 saturated heterocycles. The molecule has 0 N–H and O–H groups in total. The van der Waals surface area contributed by atoms with Crippen molar-refractivity contribution in [1.29, 1.82) is 0 Å². The van der Waals surface area contributed by atoms with Crippen LogP contribution in [0.4, 0.5) is 13.2 Å². The summed E-state index contributed by atoms with van der Waals surface area (Å²) in [6, 6.07) is 12.0. The van der Waals surface area contributed by atoms with E-state index in [9.17, 15) is 26.4 Å². The second kappa shape index (κ2) is 11.3. The van der Waals surface area contributed by atoms with Crippen LogP contribution in [0.1, 0.15) is 68.6 Å². The minimum absolute atomic E-state index is 0.0326. The van der Waals surface area contributed by atoms with Crippen molar-refractivity contribution in [2.75, 3.05) is 26.0 Å². The molecule has 0 spiro atoms. The van der Waals surface area contributed by atoms with Crippen LogP contribution in [-0.2, 0) is 25.7 Å². The Bertz CT molecular complexity index is 1160. The molecule has 1 aliphatic rings. The summed E-state index contributed by atoms with van der Waals surface area (Å²) in [6.45, 7) is 5.64. The monoisotopic (exact) mass is 525 g/mol. The van der Waals surface area contributed by atoms with E-state index in [1.807, 2.05) is 32.0 Å². The Hall–Kier alpha value is -2.39. The van der Waals surface area contributed by atoms with Gasteiger partial charge in [-0.1, -0.05) is 50.2 Å². The van der Waals surface area contributed by atoms with Crippen LogP contribution < -0.4 is 0 Å². The highest BCUT2D eigenvalue weighted by Gasteiger charge is 2.42. The largest absolute Gasteiger partial charge is 0.466 e. The molecule has 3 rings (SSSR count). The molecule has 2 atom stereocenters. The Kier molecular flexibility index (Phi) is 8.88. The fourth-order valence-corrected chi connectivity index (χ4v) is 5.88. The van der Waals surface area contributed by atoms with Gasteiger partial charge in [-0.25, -0.2) is 12.7 Å². The van der Waals surface area contributed by atoms with Gasteiger partial charge in [0, 0.05) is 13.1 Å². The summed E-state index contributed by atoms with van der Waals surface area (Å²) in [6.07, 6.45) is -2.60. The highest BCUT2D eigenvalue weighted by Crippen LogP contribution is 2.46. The van der Waals surface area contributed by atoms with Crippen molar-refractivity contribution < 1.29 is 31.1 Å². The van der Waals surface area contributed by atoms with E-state index in [1.165, 1.54) is 16.4 Å². The number of rotatable bonds is 8. The van der Waals surface area contributed by atoms with Gasteiger partial charge in [-0.15, -0.1) is 0 Å². The van der Waals surface area contributed by atoms with Crippen molar-refractivity contribution in [2.24, 2.45) is 5.92 Å². The normalized spacial score (nSPS) is 18.3. The van der Waals surface area contributed by atoms with Crippen LogP contribution in [0.3, 0.4) is 0 Å². The van der Waals surface area contributed by atoms with Gasteiger partial charge in [0.1, 0.15) is 0 Å². The molecule has 2 unspecified atom stereocenters. The van der Waals surface area contributed by atoms with Crippen molar-refractivity contribution >= 4 is 16.0 Å². The average molecular weight is 526 g/mol. The number of sulfonamides is 1. The fraction of sp³-hybridized carbons (Fsp3) is 0.519. The molecule has 0 aliphatic carbocycles. The highest BCUT2D eigenvalue weighted by atomic mass is 32.2. The number of piperidine rings is 1. The van der Waals surface area contributed by atoms with Crippen LogP contribution in [0.2, 0.25) is 0 Å². The number of nitrogens with zero attached hydrogens (tertiary/aromatic N) is 1. The SMILES string of the molecule is CCOC(=O)C(CC(C)C)c1cc(-c2ccccc2)cc(C2CCCN(S(C)(=O)=O)C2)c1C(F)(F)F. The van der Waals surface area contributed by atoms with E-state index in [0.29, 0.717) is 18.4 Å². The summed E-state index contributed by atoms with van der Waals surface area (Å²) in [5, 5.41) is 0. The third kappa shape index (κ3) is 6.68. The number of benzene rings is 2. The van der Waals surface area contributed by atoms with Crippen LogP contribution in [0.15, 0.2) is 42.5 Å². The number of ether oxygens (including phenoxy) is 1.